The zero-order valence-electron chi connectivity index (χ0n) is 7.44. The fraction of sp³-hybridized carbons (Fsp3) is 0.714. The summed E-state index contributed by atoms with van der Waals surface area (Å²) >= 11 is 0. The minimum Gasteiger partial charge on any atom is -0.365 e. The summed E-state index contributed by atoms with van der Waals surface area (Å²) in [4.78, 5) is 27.4. The molecule has 1 aliphatic rings. The number of carbonyl (C=O) groups excluding carboxylic acids is 2. The van der Waals surface area contributed by atoms with Crippen LogP contribution in [-0.2, 0) is 9.59 Å². The van der Waals surface area contributed by atoms with Crippen LogP contribution < -0.4 is 9.96 Å². The third-order valence-corrected chi connectivity index (χ3v) is 6.11. The molecule has 5 heteroatoms. The van der Waals surface area contributed by atoms with Gasteiger partial charge in [0.15, 0.2) is 0 Å². The molecule has 0 aromatic carbocycles. The number of nitrogens with one attached hydrogen (secondary N) is 2. The Morgan fingerprint density at radius 1 is 1.08 bits per heavy atom. The van der Waals surface area contributed by atoms with Crippen molar-refractivity contribution < 1.29 is 9.59 Å². The summed E-state index contributed by atoms with van der Waals surface area (Å²) in [7, 11) is -1.87. The van der Waals surface area contributed by atoms with Crippen molar-refractivity contribution in [2.75, 3.05) is 0 Å². The van der Waals surface area contributed by atoms with E-state index in [9.17, 15) is 9.59 Å². The van der Waals surface area contributed by atoms with E-state index < -0.39 is 8.40 Å². The van der Waals surface area contributed by atoms with Gasteiger partial charge in [-0.3, -0.25) is 9.59 Å². The van der Waals surface area contributed by atoms with Gasteiger partial charge in [0.05, 0.1) is 0 Å². The van der Waals surface area contributed by atoms with Crippen molar-refractivity contribution in [1.82, 2.24) is 9.96 Å². The summed E-state index contributed by atoms with van der Waals surface area (Å²) in [6.45, 7) is 2.99. The Labute approximate surface area is 72.9 Å². The second-order valence-electron chi connectivity index (χ2n) is 3.30. The smallest absolute Gasteiger partial charge is 0.263 e. The van der Waals surface area contributed by atoms with Gasteiger partial charge in [-0.25, -0.2) is 0 Å². The molecule has 12 heavy (non-hydrogen) atoms. The lowest BCUT2D eigenvalue weighted by molar-refractivity contribution is -0.117. The van der Waals surface area contributed by atoms with E-state index in [0.717, 1.165) is 18.5 Å². The van der Waals surface area contributed by atoms with E-state index >= 15 is 0 Å². The van der Waals surface area contributed by atoms with Crippen LogP contribution in [0.5, 0.6) is 0 Å². The third-order valence-electron chi connectivity index (χ3n) is 2.04. The van der Waals surface area contributed by atoms with Gasteiger partial charge in [-0.15, -0.1) is 0 Å². The lowest BCUT2D eigenvalue weighted by Crippen LogP contribution is -2.68. The van der Waals surface area contributed by atoms with Gasteiger partial charge in [-0.2, -0.15) is 0 Å². The Hall–Kier alpha value is -0.843. The van der Waals surface area contributed by atoms with Crippen molar-refractivity contribution >= 4 is 20.2 Å². The summed E-state index contributed by atoms with van der Waals surface area (Å²) in [5.74, 6) is -0.0646. The topological polar surface area (TPSA) is 58.2 Å². The average Bonchev–Trinajstić information content (AvgIpc) is 1.80. The number of rotatable bonds is 2. The van der Waals surface area contributed by atoms with Crippen LogP contribution in [0.3, 0.4) is 0 Å². The number of carbonyl (C=O) groups is 2. The molecule has 4 nitrogen and oxygen atoms in total. The molecule has 1 rings (SSSR count). The molecule has 2 amide bonds. The molecular formula is C7H14N2O2Si. The standard InChI is InChI=1S/C7H14N2O2Si/c1-6(10)8-12(4-3-5-12)9-7(2)11/h3-5H2,1-2H3,(H,8,10)(H,9,11). The highest BCUT2D eigenvalue weighted by molar-refractivity contribution is 6.81. The van der Waals surface area contributed by atoms with Gasteiger partial charge in [0.25, 0.3) is 8.40 Å². The van der Waals surface area contributed by atoms with E-state index in [2.05, 4.69) is 9.96 Å². The molecule has 0 bridgehead atoms. The molecular weight excluding hydrogens is 172 g/mol. The zero-order chi connectivity index (χ0) is 9.19. The highest BCUT2D eigenvalue weighted by Gasteiger charge is 2.42. The first-order valence-corrected chi connectivity index (χ1v) is 6.53. The maximum absolute atomic E-state index is 10.8. The van der Waals surface area contributed by atoms with Crippen molar-refractivity contribution in [2.45, 2.75) is 32.4 Å². The molecule has 0 saturated carbocycles. The molecule has 1 fully saturated rings. The second kappa shape index (κ2) is 3.26. The SMILES string of the molecule is CC(=O)N[Si]1(NC(C)=O)CCC1. The zero-order valence-corrected chi connectivity index (χ0v) is 8.44. The van der Waals surface area contributed by atoms with Crippen LogP contribution in [0.15, 0.2) is 0 Å². The molecule has 1 aliphatic heterocycles. The molecule has 68 valence electrons. The summed E-state index contributed by atoms with van der Waals surface area (Å²) in [6.07, 6.45) is 1.12. The lowest BCUT2D eigenvalue weighted by atomic mass is 10.5. The lowest BCUT2D eigenvalue weighted by Gasteiger charge is -2.39. The molecule has 0 atom stereocenters. The van der Waals surface area contributed by atoms with Gasteiger partial charge in [-0.1, -0.05) is 6.42 Å². The molecule has 1 saturated heterocycles. The molecule has 0 aromatic heterocycles. The third kappa shape index (κ3) is 2.07. The Morgan fingerprint density at radius 2 is 1.50 bits per heavy atom. The molecule has 0 spiro atoms. The molecule has 0 unspecified atom stereocenters. The minimum atomic E-state index is -1.87. The molecule has 1 heterocycles. The number of amides is 2. The first-order valence-electron chi connectivity index (χ1n) is 4.12. The first kappa shape index (κ1) is 9.25. The highest BCUT2D eigenvalue weighted by atomic mass is 28.3. The van der Waals surface area contributed by atoms with Crippen LogP contribution >= 0.6 is 0 Å². The Bertz CT molecular complexity index is 195. The highest BCUT2D eigenvalue weighted by Crippen LogP contribution is 2.26. The van der Waals surface area contributed by atoms with Crippen molar-refractivity contribution in [1.29, 1.82) is 0 Å². The van der Waals surface area contributed by atoms with Crippen molar-refractivity contribution in [3.8, 4) is 0 Å². The van der Waals surface area contributed by atoms with E-state index in [1.165, 1.54) is 13.8 Å². The van der Waals surface area contributed by atoms with Crippen LogP contribution in [0, 0.1) is 0 Å². The molecule has 0 aromatic rings. The van der Waals surface area contributed by atoms with Crippen molar-refractivity contribution in [3.63, 3.8) is 0 Å². The van der Waals surface area contributed by atoms with E-state index in [4.69, 9.17) is 0 Å². The predicted octanol–water partition coefficient (Wildman–Crippen LogP) is 0.104. The molecule has 2 N–H and O–H groups in total. The van der Waals surface area contributed by atoms with Gasteiger partial charge >= 0.3 is 0 Å². The van der Waals surface area contributed by atoms with Crippen LogP contribution in [0.4, 0.5) is 0 Å². The Balaban J connectivity index is 2.50. The average molecular weight is 186 g/mol. The van der Waals surface area contributed by atoms with Crippen LogP contribution in [0.2, 0.25) is 12.1 Å². The van der Waals surface area contributed by atoms with E-state index in [-0.39, 0.29) is 11.8 Å². The second-order valence-corrected chi connectivity index (χ2v) is 6.96. The van der Waals surface area contributed by atoms with E-state index in [1.807, 2.05) is 0 Å². The van der Waals surface area contributed by atoms with E-state index in [0.29, 0.717) is 0 Å². The summed E-state index contributed by atoms with van der Waals surface area (Å²) in [6, 6.07) is 1.96. The molecule has 0 radical (unpaired) electrons. The van der Waals surface area contributed by atoms with Crippen LogP contribution in [0.1, 0.15) is 20.3 Å². The monoisotopic (exact) mass is 186 g/mol. The van der Waals surface area contributed by atoms with E-state index in [1.54, 1.807) is 0 Å². The fourth-order valence-corrected chi connectivity index (χ4v) is 4.46. The summed E-state index contributed by atoms with van der Waals surface area (Å²) in [5, 5.41) is 0. The van der Waals surface area contributed by atoms with Gasteiger partial charge < -0.3 is 9.96 Å². The van der Waals surface area contributed by atoms with Gasteiger partial charge in [0.2, 0.25) is 11.8 Å². The maximum atomic E-state index is 10.8. The number of hydrogen-bond donors (Lipinski definition) is 2. The van der Waals surface area contributed by atoms with Crippen molar-refractivity contribution in [2.24, 2.45) is 0 Å². The van der Waals surface area contributed by atoms with Gasteiger partial charge in [-0.05, 0) is 12.1 Å². The summed E-state index contributed by atoms with van der Waals surface area (Å²) < 4.78 is 0. The van der Waals surface area contributed by atoms with Crippen molar-refractivity contribution in [3.05, 3.63) is 0 Å². The summed E-state index contributed by atoms with van der Waals surface area (Å²) in [5.41, 5.74) is 0. The fourth-order valence-electron chi connectivity index (χ4n) is 1.49. The largest absolute Gasteiger partial charge is 0.365 e. The van der Waals surface area contributed by atoms with Crippen LogP contribution in [0.25, 0.3) is 0 Å². The predicted molar refractivity (Wildman–Crippen MR) is 47.6 cm³/mol. The first-order chi connectivity index (χ1) is 5.54. The normalized spacial score (nSPS) is 19.2. The molecule has 0 aliphatic carbocycles. The van der Waals surface area contributed by atoms with Gasteiger partial charge in [0, 0.05) is 13.8 Å². The minimum absolute atomic E-state index is 0.0323. The van der Waals surface area contributed by atoms with Crippen LogP contribution in [-0.4, -0.2) is 20.2 Å². The Morgan fingerprint density at radius 3 is 1.67 bits per heavy atom. The quantitative estimate of drug-likeness (QED) is 0.601. The Kier molecular flexibility index (Phi) is 2.51. The maximum Gasteiger partial charge on any atom is 0.263 e. The van der Waals surface area contributed by atoms with Gasteiger partial charge in [0.1, 0.15) is 0 Å². The number of hydrogen-bond acceptors (Lipinski definition) is 2.